The maximum absolute atomic E-state index is 5.99. The normalized spacial score (nSPS) is 18.6. The van der Waals surface area contributed by atoms with Gasteiger partial charge in [-0.15, -0.1) is 0 Å². The Kier molecular flexibility index (Phi) is 4.02. The Morgan fingerprint density at radius 3 is 2.42 bits per heavy atom. The van der Waals surface area contributed by atoms with Crippen LogP contribution in [0.15, 0.2) is 12.1 Å². The van der Waals surface area contributed by atoms with Crippen molar-refractivity contribution in [3.8, 4) is 11.5 Å². The van der Waals surface area contributed by atoms with Crippen LogP contribution in [0, 0.1) is 6.92 Å². The molecule has 19 heavy (non-hydrogen) atoms. The van der Waals surface area contributed by atoms with Gasteiger partial charge in [-0.3, -0.25) is 0 Å². The lowest BCUT2D eigenvalue weighted by Crippen LogP contribution is -2.50. The zero-order valence-corrected chi connectivity index (χ0v) is 12.2. The van der Waals surface area contributed by atoms with Crippen LogP contribution in [0.3, 0.4) is 0 Å². The van der Waals surface area contributed by atoms with Crippen LogP contribution in [-0.2, 0) is 10.2 Å². The summed E-state index contributed by atoms with van der Waals surface area (Å²) in [4.78, 5) is 0. The number of rotatable bonds is 5. The first kappa shape index (κ1) is 14.2. The smallest absolute Gasteiger partial charge is 0.129 e. The summed E-state index contributed by atoms with van der Waals surface area (Å²) >= 11 is 0. The van der Waals surface area contributed by atoms with Crippen molar-refractivity contribution in [1.82, 2.24) is 0 Å². The van der Waals surface area contributed by atoms with Crippen LogP contribution in [0.2, 0.25) is 0 Å². The fourth-order valence-electron chi connectivity index (χ4n) is 2.92. The van der Waals surface area contributed by atoms with Crippen LogP contribution in [0.4, 0.5) is 0 Å². The van der Waals surface area contributed by atoms with Crippen LogP contribution in [0.1, 0.15) is 24.5 Å². The van der Waals surface area contributed by atoms with Gasteiger partial charge < -0.3 is 19.9 Å². The Balaban J connectivity index is 2.46. The van der Waals surface area contributed by atoms with E-state index >= 15 is 0 Å². The molecule has 1 fully saturated rings. The zero-order valence-electron chi connectivity index (χ0n) is 12.2. The van der Waals surface area contributed by atoms with Crippen molar-refractivity contribution in [1.29, 1.82) is 0 Å². The van der Waals surface area contributed by atoms with E-state index in [-0.39, 0.29) is 11.5 Å². The van der Waals surface area contributed by atoms with E-state index in [0.717, 1.165) is 23.5 Å². The first-order valence-electron chi connectivity index (χ1n) is 6.59. The van der Waals surface area contributed by atoms with Crippen LogP contribution in [0.5, 0.6) is 11.5 Å². The monoisotopic (exact) mass is 265 g/mol. The minimum absolute atomic E-state index is 0.0173. The number of benzene rings is 1. The van der Waals surface area contributed by atoms with Crippen LogP contribution < -0.4 is 15.2 Å². The van der Waals surface area contributed by atoms with Crippen molar-refractivity contribution in [2.24, 2.45) is 5.73 Å². The predicted molar refractivity (Wildman–Crippen MR) is 75.0 cm³/mol. The van der Waals surface area contributed by atoms with Crippen molar-refractivity contribution in [3.63, 3.8) is 0 Å². The molecule has 1 saturated heterocycles. The Morgan fingerprint density at radius 2 is 2.00 bits per heavy atom. The van der Waals surface area contributed by atoms with E-state index in [1.54, 1.807) is 14.2 Å². The maximum atomic E-state index is 5.99. The molecule has 0 amide bonds. The third kappa shape index (κ3) is 2.42. The molecule has 0 bridgehead atoms. The summed E-state index contributed by atoms with van der Waals surface area (Å²) in [5.74, 6) is 1.74. The number of nitrogens with two attached hydrogens (primary N) is 1. The molecule has 4 heteroatoms. The first-order valence-corrected chi connectivity index (χ1v) is 6.59. The van der Waals surface area contributed by atoms with Gasteiger partial charge in [0.1, 0.15) is 11.5 Å². The summed E-state index contributed by atoms with van der Waals surface area (Å²) in [7, 11) is 3.37. The van der Waals surface area contributed by atoms with E-state index < -0.39 is 0 Å². The third-order valence-electron chi connectivity index (χ3n) is 3.82. The number of hydrogen-bond donors (Lipinski definition) is 1. The molecule has 4 nitrogen and oxygen atoms in total. The number of hydrogen-bond acceptors (Lipinski definition) is 4. The molecule has 1 aliphatic rings. The second kappa shape index (κ2) is 5.39. The molecular weight excluding hydrogens is 242 g/mol. The Morgan fingerprint density at radius 1 is 1.32 bits per heavy atom. The lowest BCUT2D eigenvalue weighted by Gasteiger charge is -2.44. The number of methoxy groups -OCH3 is 2. The second-order valence-electron chi connectivity index (χ2n) is 5.43. The van der Waals surface area contributed by atoms with Gasteiger partial charge >= 0.3 is 0 Å². The zero-order chi connectivity index (χ0) is 14.0. The van der Waals surface area contributed by atoms with Crippen molar-refractivity contribution in [2.75, 3.05) is 27.4 Å². The Labute approximate surface area is 114 Å². The fraction of sp³-hybridized carbons (Fsp3) is 0.600. The SMILES string of the molecule is COc1ccc(C2(CC(C)N)COC2)c(OC)c1C. The van der Waals surface area contributed by atoms with Gasteiger partial charge in [0.15, 0.2) is 0 Å². The van der Waals surface area contributed by atoms with Crippen LogP contribution >= 0.6 is 0 Å². The average Bonchev–Trinajstić information content (AvgIpc) is 2.33. The molecule has 0 radical (unpaired) electrons. The lowest BCUT2D eigenvalue weighted by atomic mass is 9.73. The van der Waals surface area contributed by atoms with E-state index in [2.05, 4.69) is 6.07 Å². The highest BCUT2D eigenvalue weighted by Gasteiger charge is 2.43. The highest BCUT2D eigenvalue weighted by atomic mass is 16.5. The largest absolute Gasteiger partial charge is 0.496 e. The second-order valence-corrected chi connectivity index (χ2v) is 5.43. The molecule has 2 rings (SSSR count). The molecule has 106 valence electrons. The highest BCUT2D eigenvalue weighted by molar-refractivity contribution is 5.53. The quantitative estimate of drug-likeness (QED) is 0.885. The van der Waals surface area contributed by atoms with E-state index in [1.807, 2.05) is 19.9 Å². The minimum atomic E-state index is -0.0173. The summed E-state index contributed by atoms with van der Waals surface area (Å²) in [6, 6.07) is 4.21. The molecule has 1 unspecified atom stereocenters. The molecule has 1 heterocycles. The molecule has 1 atom stereocenters. The van der Waals surface area contributed by atoms with Gasteiger partial charge in [-0.1, -0.05) is 6.07 Å². The molecule has 0 spiro atoms. The van der Waals surface area contributed by atoms with Gasteiger partial charge in [-0.05, 0) is 26.3 Å². The molecule has 0 saturated carbocycles. The summed E-state index contributed by atoms with van der Waals surface area (Å²) in [6.45, 7) is 5.45. The van der Waals surface area contributed by atoms with Crippen LogP contribution in [-0.4, -0.2) is 33.5 Å². The summed E-state index contributed by atoms with van der Waals surface area (Å²) in [5.41, 5.74) is 8.18. The van der Waals surface area contributed by atoms with E-state index in [9.17, 15) is 0 Å². The summed E-state index contributed by atoms with van der Waals surface area (Å²) in [6.07, 6.45) is 0.898. The van der Waals surface area contributed by atoms with Gasteiger partial charge in [0.25, 0.3) is 0 Å². The molecule has 0 aliphatic carbocycles. The topological polar surface area (TPSA) is 53.7 Å². The van der Waals surface area contributed by atoms with Crippen molar-refractivity contribution < 1.29 is 14.2 Å². The molecular formula is C15H23NO3. The predicted octanol–water partition coefficient (Wildman–Crippen LogP) is 2.02. The van der Waals surface area contributed by atoms with Crippen molar-refractivity contribution >= 4 is 0 Å². The van der Waals surface area contributed by atoms with Crippen molar-refractivity contribution in [3.05, 3.63) is 23.3 Å². The Bertz CT molecular complexity index is 453. The molecule has 1 aromatic carbocycles. The first-order chi connectivity index (χ1) is 9.04. The van der Waals surface area contributed by atoms with Gasteiger partial charge in [0.05, 0.1) is 27.4 Å². The highest BCUT2D eigenvalue weighted by Crippen LogP contribution is 2.44. The standard InChI is InChI=1S/C15H23NO3/c1-10(16)7-15(8-19-9-15)12-5-6-13(17-3)11(2)14(12)18-4/h5-6,10H,7-9,16H2,1-4H3. The maximum Gasteiger partial charge on any atom is 0.129 e. The molecule has 1 aliphatic heterocycles. The number of ether oxygens (including phenoxy) is 3. The van der Waals surface area contributed by atoms with Crippen LogP contribution in [0.25, 0.3) is 0 Å². The molecule has 2 N–H and O–H groups in total. The van der Waals surface area contributed by atoms with E-state index in [4.69, 9.17) is 19.9 Å². The lowest BCUT2D eigenvalue weighted by molar-refractivity contribution is -0.0674. The van der Waals surface area contributed by atoms with Gasteiger partial charge in [-0.25, -0.2) is 0 Å². The minimum Gasteiger partial charge on any atom is -0.496 e. The molecule has 0 aromatic heterocycles. The molecule has 1 aromatic rings. The van der Waals surface area contributed by atoms with Gasteiger partial charge in [-0.2, -0.15) is 0 Å². The summed E-state index contributed by atoms with van der Waals surface area (Å²) < 4.78 is 16.4. The summed E-state index contributed by atoms with van der Waals surface area (Å²) in [5, 5.41) is 0. The van der Waals surface area contributed by atoms with Crippen molar-refractivity contribution in [2.45, 2.75) is 31.7 Å². The van der Waals surface area contributed by atoms with E-state index in [1.165, 1.54) is 5.56 Å². The third-order valence-corrected chi connectivity index (χ3v) is 3.82. The van der Waals surface area contributed by atoms with E-state index in [0.29, 0.717) is 13.2 Å². The Hall–Kier alpha value is -1.26. The average molecular weight is 265 g/mol. The van der Waals surface area contributed by atoms with Gasteiger partial charge in [0, 0.05) is 22.6 Å². The fourth-order valence-corrected chi connectivity index (χ4v) is 2.92. The van der Waals surface area contributed by atoms with Gasteiger partial charge in [0.2, 0.25) is 0 Å².